The van der Waals surface area contributed by atoms with Gasteiger partial charge in [-0.2, -0.15) is 0 Å². The number of rotatable bonds is 7. The molecule has 8 nitrogen and oxygen atoms in total. The highest BCUT2D eigenvalue weighted by atomic mass is 35.5. The normalized spacial score (nSPS) is 22.6. The summed E-state index contributed by atoms with van der Waals surface area (Å²) in [5, 5.41) is 3.01. The third kappa shape index (κ3) is 4.28. The Hall–Kier alpha value is -4.17. The van der Waals surface area contributed by atoms with Crippen molar-refractivity contribution in [1.29, 1.82) is 0 Å². The molecule has 41 heavy (non-hydrogen) atoms. The molecule has 210 valence electrons. The Morgan fingerprint density at radius 1 is 0.878 bits per heavy atom. The van der Waals surface area contributed by atoms with Crippen LogP contribution in [0.4, 0.5) is 5.69 Å². The van der Waals surface area contributed by atoms with Crippen molar-refractivity contribution >= 4 is 41.0 Å². The molecule has 7 rings (SSSR count). The molecule has 0 aromatic heterocycles. The number of hydrogen-bond donors (Lipinski definition) is 1. The summed E-state index contributed by atoms with van der Waals surface area (Å²) in [6.07, 6.45) is 0. The van der Waals surface area contributed by atoms with Gasteiger partial charge in [-0.1, -0.05) is 74.0 Å². The lowest BCUT2D eigenvalue weighted by Gasteiger charge is -2.45. The van der Waals surface area contributed by atoms with Gasteiger partial charge in [-0.05, 0) is 46.4 Å². The molecule has 3 aliphatic carbocycles. The predicted molar refractivity (Wildman–Crippen MR) is 152 cm³/mol. The minimum absolute atomic E-state index is 0.277. The first-order valence-corrected chi connectivity index (χ1v) is 13.9. The van der Waals surface area contributed by atoms with E-state index < -0.39 is 42.3 Å². The zero-order chi connectivity index (χ0) is 29.0. The molecule has 2 bridgehead atoms. The van der Waals surface area contributed by atoms with Gasteiger partial charge >= 0.3 is 5.97 Å². The van der Waals surface area contributed by atoms with Crippen molar-refractivity contribution in [3.8, 4) is 5.75 Å². The average molecular weight is 573 g/mol. The molecule has 1 heterocycles. The first kappa shape index (κ1) is 27.0. The first-order valence-electron chi connectivity index (χ1n) is 13.6. The van der Waals surface area contributed by atoms with Crippen LogP contribution >= 0.6 is 11.6 Å². The molecule has 3 aromatic rings. The van der Waals surface area contributed by atoms with Crippen molar-refractivity contribution in [3.05, 3.63) is 94.0 Å². The van der Waals surface area contributed by atoms with Crippen molar-refractivity contribution in [3.63, 3.8) is 0 Å². The van der Waals surface area contributed by atoms with E-state index in [9.17, 15) is 19.2 Å². The maximum atomic E-state index is 14.1. The van der Waals surface area contributed by atoms with Gasteiger partial charge in [0.1, 0.15) is 11.8 Å². The second kappa shape index (κ2) is 10.3. The molecule has 0 unspecified atom stereocenters. The van der Waals surface area contributed by atoms with E-state index in [0.29, 0.717) is 16.5 Å². The van der Waals surface area contributed by atoms with Gasteiger partial charge in [0.25, 0.3) is 5.91 Å². The van der Waals surface area contributed by atoms with Gasteiger partial charge < -0.3 is 14.8 Å². The zero-order valence-corrected chi connectivity index (χ0v) is 23.6. The largest absolute Gasteiger partial charge is 0.495 e. The van der Waals surface area contributed by atoms with Crippen molar-refractivity contribution in [1.82, 2.24) is 4.90 Å². The molecule has 0 spiro atoms. The summed E-state index contributed by atoms with van der Waals surface area (Å²) in [6, 6.07) is 19.5. The van der Waals surface area contributed by atoms with Crippen LogP contribution < -0.4 is 10.1 Å². The maximum absolute atomic E-state index is 14.1. The molecule has 3 amide bonds. The van der Waals surface area contributed by atoms with Crippen molar-refractivity contribution in [2.75, 3.05) is 19.0 Å². The number of benzene rings is 3. The maximum Gasteiger partial charge on any atom is 0.330 e. The minimum Gasteiger partial charge on any atom is -0.495 e. The fourth-order valence-corrected chi connectivity index (χ4v) is 7.01. The summed E-state index contributed by atoms with van der Waals surface area (Å²) < 4.78 is 10.6. The summed E-state index contributed by atoms with van der Waals surface area (Å²) in [7, 11) is 1.46. The molecule has 3 aromatic carbocycles. The number of halogens is 1. The van der Waals surface area contributed by atoms with Crippen LogP contribution in [0.1, 0.15) is 47.9 Å². The summed E-state index contributed by atoms with van der Waals surface area (Å²) >= 11 is 6.04. The topological polar surface area (TPSA) is 102 Å². The molecular weight excluding hydrogens is 544 g/mol. The smallest absolute Gasteiger partial charge is 0.330 e. The van der Waals surface area contributed by atoms with Gasteiger partial charge in [-0.3, -0.25) is 19.3 Å². The van der Waals surface area contributed by atoms with Crippen molar-refractivity contribution < 1.29 is 28.7 Å². The molecule has 1 N–H and O–H groups in total. The second-order valence-electron chi connectivity index (χ2n) is 11.0. The van der Waals surface area contributed by atoms with Gasteiger partial charge in [-0.25, -0.2) is 4.79 Å². The number of carbonyl (C=O) groups excluding carboxylic acids is 4. The fourth-order valence-electron chi connectivity index (χ4n) is 6.84. The molecular formula is C32H29ClN2O6. The predicted octanol–water partition coefficient (Wildman–Crippen LogP) is 4.75. The Balaban J connectivity index is 1.25. The number of esters is 1. The minimum atomic E-state index is -1.17. The zero-order valence-electron chi connectivity index (χ0n) is 22.8. The van der Waals surface area contributed by atoms with E-state index in [1.807, 2.05) is 48.5 Å². The van der Waals surface area contributed by atoms with Gasteiger partial charge in [0, 0.05) is 16.9 Å². The van der Waals surface area contributed by atoms with E-state index in [4.69, 9.17) is 21.1 Å². The molecule has 9 heteroatoms. The van der Waals surface area contributed by atoms with E-state index in [-0.39, 0.29) is 23.7 Å². The lowest BCUT2D eigenvalue weighted by atomic mass is 9.55. The van der Waals surface area contributed by atoms with E-state index >= 15 is 0 Å². The highest BCUT2D eigenvalue weighted by Gasteiger charge is 2.63. The Morgan fingerprint density at radius 2 is 1.39 bits per heavy atom. The number of anilines is 1. The quantitative estimate of drug-likeness (QED) is 0.324. The van der Waals surface area contributed by atoms with Crippen molar-refractivity contribution in [2.24, 2.45) is 17.8 Å². The number of amides is 3. The first-order chi connectivity index (χ1) is 19.7. The number of likely N-dealkylation sites (tertiary alicyclic amines) is 1. The van der Waals surface area contributed by atoms with Crippen LogP contribution in [-0.2, 0) is 23.9 Å². The molecule has 3 atom stereocenters. The third-order valence-electron chi connectivity index (χ3n) is 8.41. The van der Waals surface area contributed by atoms with Crippen LogP contribution in [-0.4, -0.2) is 48.3 Å². The standard InChI is InChI=1S/C32H29ClN2O6/c1-16(2)29(32(39)41-15-24(36)34-22-14-17(33)12-13-23(22)40-3)35-30(37)27-25-18-8-4-5-9-19(18)26(28(27)31(35)38)21-11-7-6-10-20(21)25/h4-14,16,25-29H,15H2,1-3H3,(H,34,36)/t25?,26?,27-,28+,29-/m1/s1. The van der Waals surface area contributed by atoms with Crippen molar-refractivity contribution in [2.45, 2.75) is 31.7 Å². The molecule has 0 saturated carbocycles. The lowest BCUT2D eigenvalue weighted by Crippen LogP contribution is -2.49. The number of nitrogens with one attached hydrogen (secondary N) is 1. The van der Waals surface area contributed by atoms with E-state index in [1.54, 1.807) is 26.0 Å². The number of carbonyl (C=O) groups is 4. The third-order valence-corrected chi connectivity index (χ3v) is 8.65. The Kier molecular flexibility index (Phi) is 6.82. The number of methoxy groups -OCH3 is 1. The Labute approximate surface area is 242 Å². The summed E-state index contributed by atoms with van der Waals surface area (Å²) in [6.45, 7) is 2.90. The Morgan fingerprint density at radius 3 is 1.85 bits per heavy atom. The lowest BCUT2D eigenvalue weighted by molar-refractivity contribution is -0.162. The van der Waals surface area contributed by atoms with E-state index in [1.165, 1.54) is 13.2 Å². The number of imide groups is 1. The van der Waals surface area contributed by atoms with Crippen LogP contribution in [0.15, 0.2) is 66.7 Å². The number of nitrogens with zero attached hydrogens (tertiary/aromatic N) is 1. The summed E-state index contributed by atoms with van der Waals surface area (Å²) in [4.78, 5) is 55.4. The molecule has 1 aliphatic heterocycles. The molecule has 0 radical (unpaired) electrons. The number of hydrogen-bond acceptors (Lipinski definition) is 6. The second-order valence-corrected chi connectivity index (χ2v) is 11.4. The summed E-state index contributed by atoms with van der Waals surface area (Å²) in [5.41, 5.74) is 4.54. The van der Waals surface area contributed by atoms with Gasteiger partial charge in [0.15, 0.2) is 6.61 Å². The van der Waals surface area contributed by atoms with Gasteiger partial charge in [0.05, 0.1) is 24.6 Å². The van der Waals surface area contributed by atoms with Crippen LogP contribution in [0.5, 0.6) is 5.75 Å². The Bertz CT molecular complexity index is 1470. The fraction of sp³-hybridized carbons (Fsp3) is 0.312. The monoisotopic (exact) mass is 572 g/mol. The molecule has 1 fully saturated rings. The highest BCUT2D eigenvalue weighted by molar-refractivity contribution is 6.31. The van der Waals surface area contributed by atoms with Crippen LogP contribution in [0.3, 0.4) is 0 Å². The van der Waals surface area contributed by atoms with Crippen LogP contribution in [0, 0.1) is 17.8 Å². The van der Waals surface area contributed by atoms with Crippen LogP contribution in [0.2, 0.25) is 5.02 Å². The molecule has 4 aliphatic rings. The van der Waals surface area contributed by atoms with Crippen LogP contribution in [0.25, 0.3) is 0 Å². The highest BCUT2D eigenvalue weighted by Crippen LogP contribution is 2.61. The van der Waals surface area contributed by atoms with Gasteiger partial charge in [-0.15, -0.1) is 0 Å². The average Bonchev–Trinajstić information content (AvgIpc) is 3.22. The van der Waals surface area contributed by atoms with E-state index in [2.05, 4.69) is 5.32 Å². The summed E-state index contributed by atoms with van der Waals surface area (Å²) in [5.74, 6) is -3.98. The molecule has 1 saturated heterocycles. The SMILES string of the molecule is COc1ccc(Cl)cc1NC(=O)COC(=O)[C@@H](C(C)C)N1C(=O)[C@@H]2C3c4ccccc4C(c4ccccc43)[C@@H]2C1=O. The number of ether oxygens (including phenoxy) is 2. The van der Waals surface area contributed by atoms with Gasteiger partial charge in [0.2, 0.25) is 11.8 Å². The van der Waals surface area contributed by atoms with E-state index in [0.717, 1.165) is 27.2 Å².